The van der Waals surface area contributed by atoms with Crippen molar-refractivity contribution in [1.82, 2.24) is 15.2 Å². The van der Waals surface area contributed by atoms with Crippen LogP contribution in [0.15, 0.2) is 53.1 Å². The molecule has 0 aliphatic carbocycles. The maximum Gasteiger partial charge on any atom is 0.265 e. The predicted octanol–water partition coefficient (Wildman–Crippen LogP) is 2.65. The number of pyridine rings is 1. The molecule has 37 heavy (non-hydrogen) atoms. The number of furan rings is 1. The molecule has 6 rings (SSSR count). The Balaban J connectivity index is 1.01. The number of carbonyl (C=O) groups excluding carboxylic acids is 2. The Morgan fingerprint density at radius 2 is 1.84 bits per heavy atom. The molecular formula is C27H29N5O5. The highest BCUT2D eigenvalue weighted by molar-refractivity contribution is 5.98. The normalized spacial score (nSPS) is 18.0. The summed E-state index contributed by atoms with van der Waals surface area (Å²) in [5.74, 6) is 2.37. The zero-order valence-electron chi connectivity index (χ0n) is 20.4. The van der Waals surface area contributed by atoms with Crippen LogP contribution in [0, 0.1) is 0 Å². The molecule has 3 aromatic rings. The SMILES string of the molecule is O=C1COc2ccc(CNC3CCN(CCN4C(=O)COc5ccc(-c6ccco6)cc54)CC3)nc2N1. The van der Waals surface area contributed by atoms with Crippen molar-refractivity contribution in [2.75, 3.05) is 49.6 Å². The quantitative estimate of drug-likeness (QED) is 0.507. The van der Waals surface area contributed by atoms with Crippen molar-refractivity contribution in [3.8, 4) is 22.8 Å². The summed E-state index contributed by atoms with van der Waals surface area (Å²) in [6.45, 7) is 4.05. The third-order valence-corrected chi connectivity index (χ3v) is 7.04. The van der Waals surface area contributed by atoms with Crippen molar-refractivity contribution < 1.29 is 23.5 Å². The summed E-state index contributed by atoms with van der Waals surface area (Å²) in [6.07, 6.45) is 3.67. The number of rotatable bonds is 7. The molecule has 0 atom stereocenters. The van der Waals surface area contributed by atoms with E-state index < -0.39 is 0 Å². The Bertz CT molecular complexity index is 1290. The molecule has 1 fully saturated rings. The average Bonchev–Trinajstić information content (AvgIpc) is 3.47. The van der Waals surface area contributed by atoms with E-state index in [1.54, 1.807) is 6.26 Å². The van der Waals surface area contributed by atoms with Crippen LogP contribution in [0.5, 0.6) is 11.5 Å². The number of nitrogens with one attached hydrogen (secondary N) is 2. The molecule has 0 unspecified atom stereocenters. The van der Waals surface area contributed by atoms with Gasteiger partial charge in [0.1, 0.15) is 11.5 Å². The molecule has 0 bridgehead atoms. The number of ether oxygens (including phenoxy) is 2. The summed E-state index contributed by atoms with van der Waals surface area (Å²) in [7, 11) is 0. The lowest BCUT2D eigenvalue weighted by Crippen LogP contribution is -2.47. The molecule has 5 heterocycles. The molecule has 0 radical (unpaired) electrons. The van der Waals surface area contributed by atoms with Gasteiger partial charge in [0.05, 0.1) is 17.6 Å². The second-order valence-electron chi connectivity index (χ2n) is 9.48. The van der Waals surface area contributed by atoms with Gasteiger partial charge in [0, 0.05) is 31.2 Å². The molecule has 1 aromatic carbocycles. The van der Waals surface area contributed by atoms with Gasteiger partial charge in [-0.05, 0) is 68.4 Å². The van der Waals surface area contributed by atoms with Gasteiger partial charge < -0.3 is 34.3 Å². The van der Waals surface area contributed by atoms with Gasteiger partial charge in [-0.15, -0.1) is 0 Å². The second kappa shape index (κ2) is 10.2. The van der Waals surface area contributed by atoms with Gasteiger partial charge >= 0.3 is 0 Å². The van der Waals surface area contributed by atoms with Crippen LogP contribution in [0.2, 0.25) is 0 Å². The maximum absolute atomic E-state index is 12.7. The third-order valence-electron chi connectivity index (χ3n) is 7.04. The molecule has 2 aromatic heterocycles. The van der Waals surface area contributed by atoms with Gasteiger partial charge in [0.25, 0.3) is 11.8 Å². The van der Waals surface area contributed by atoms with E-state index in [1.807, 2.05) is 47.4 Å². The van der Waals surface area contributed by atoms with E-state index in [2.05, 4.69) is 20.5 Å². The zero-order valence-corrected chi connectivity index (χ0v) is 20.4. The lowest BCUT2D eigenvalue weighted by molar-refractivity contribution is -0.121. The molecule has 2 amide bonds. The van der Waals surface area contributed by atoms with Gasteiger partial charge in [-0.2, -0.15) is 0 Å². The topological polar surface area (TPSA) is 109 Å². The molecule has 3 aliphatic rings. The number of fused-ring (bicyclic) bond motifs is 2. The van der Waals surface area contributed by atoms with Crippen LogP contribution in [0.4, 0.5) is 11.5 Å². The van der Waals surface area contributed by atoms with Crippen molar-refractivity contribution in [1.29, 1.82) is 0 Å². The molecule has 0 saturated carbocycles. The summed E-state index contributed by atoms with van der Waals surface area (Å²) in [5.41, 5.74) is 2.58. The van der Waals surface area contributed by atoms with Crippen LogP contribution in [0.3, 0.4) is 0 Å². The number of anilines is 2. The highest BCUT2D eigenvalue weighted by atomic mass is 16.5. The zero-order chi connectivity index (χ0) is 25.2. The number of benzene rings is 1. The number of piperidine rings is 1. The fraction of sp³-hybridized carbons (Fsp3) is 0.370. The Morgan fingerprint density at radius 1 is 1.00 bits per heavy atom. The van der Waals surface area contributed by atoms with Crippen LogP contribution >= 0.6 is 0 Å². The van der Waals surface area contributed by atoms with Crippen molar-refractivity contribution in [3.63, 3.8) is 0 Å². The maximum atomic E-state index is 12.7. The van der Waals surface area contributed by atoms with Gasteiger partial charge in [0.15, 0.2) is 24.8 Å². The van der Waals surface area contributed by atoms with E-state index in [4.69, 9.17) is 13.9 Å². The van der Waals surface area contributed by atoms with E-state index in [1.165, 1.54) is 0 Å². The fourth-order valence-electron chi connectivity index (χ4n) is 5.00. The van der Waals surface area contributed by atoms with E-state index in [9.17, 15) is 9.59 Å². The summed E-state index contributed by atoms with van der Waals surface area (Å²) in [6, 6.07) is 13.7. The summed E-state index contributed by atoms with van der Waals surface area (Å²) in [5, 5.41) is 6.34. The first-order valence-electron chi connectivity index (χ1n) is 12.6. The molecule has 3 aliphatic heterocycles. The first kappa shape index (κ1) is 23.5. The van der Waals surface area contributed by atoms with Crippen LogP contribution in [-0.2, 0) is 16.1 Å². The van der Waals surface area contributed by atoms with Crippen LogP contribution in [-0.4, -0.2) is 67.1 Å². The molecule has 10 heteroatoms. The minimum atomic E-state index is -0.183. The number of nitrogens with zero attached hydrogens (tertiary/aromatic N) is 3. The van der Waals surface area contributed by atoms with Crippen LogP contribution in [0.1, 0.15) is 18.5 Å². The molecular weight excluding hydrogens is 474 g/mol. The summed E-state index contributed by atoms with van der Waals surface area (Å²) in [4.78, 5) is 33.0. The van der Waals surface area contributed by atoms with Gasteiger partial charge in [0.2, 0.25) is 0 Å². The number of likely N-dealkylation sites (tertiary alicyclic amines) is 1. The van der Waals surface area contributed by atoms with Crippen molar-refractivity contribution in [2.45, 2.75) is 25.4 Å². The van der Waals surface area contributed by atoms with E-state index in [-0.39, 0.29) is 25.0 Å². The number of amides is 2. The Morgan fingerprint density at radius 3 is 2.68 bits per heavy atom. The molecule has 192 valence electrons. The van der Waals surface area contributed by atoms with Gasteiger partial charge in [-0.3, -0.25) is 9.59 Å². The lowest BCUT2D eigenvalue weighted by atomic mass is 10.0. The Labute approximate surface area is 214 Å². The minimum Gasteiger partial charge on any atom is -0.482 e. The minimum absolute atomic E-state index is 0.0280. The van der Waals surface area contributed by atoms with Crippen molar-refractivity contribution >= 4 is 23.3 Å². The summed E-state index contributed by atoms with van der Waals surface area (Å²) >= 11 is 0. The molecule has 1 saturated heterocycles. The highest BCUT2D eigenvalue weighted by Crippen LogP contribution is 2.36. The van der Waals surface area contributed by atoms with Gasteiger partial charge in [-0.1, -0.05) is 0 Å². The smallest absolute Gasteiger partial charge is 0.265 e. The van der Waals surface area contributed by atoms with Crippen LogP contribution in [0.25, 0.3) is 11.3 Å². The Hall–Kier alpha value is -3.89. The first-order chi connectivity index (χ1) is 18.1. The molecule has 0 spiro atoms. The highest BCUT2D eigenvalue weighted by Gasteiger charge is 2.27. The standard InChI is InChI=1S/C27H29N5O5/c33-25-16-36-24-6-4-20(29-27(24)30-25)15-28-19-7-9-31(10-8-19)11-12-32-21-14-18(22-2-1-13-35-22)3-5-23(21)37-17-26(32)34/h1-6,13-14,19,28H,7-12,15-17H2,(H,29,30,33). The largest absolute Gasteiger partial charge is 0.482 e. The number of carbonyl (C=O) groups is 2. The number of hydrogen-bond acceptors (Lipinski definition) is 8. The molecule has 2 N–H and O–H groups in total. The van der Waals surface area contributed by atoms with E-state index in [0.717, 1.165) is 60.9 Å². The monoisotopic (exact) mass is 503 g/mol. The predicted molar refractivity (Wildman–Crippen MR) is 137 cm³/mol. The number of aromatic nitrogens is 1. The summed E-state index contributed by atoms with van der Waals surface area (Å²) < 4.78 is 16.6. The average molecular weight is 504 g/mol. The van der Waals surface area contributed by atoms with E-state index in [0.29, 0.717) is 30.7 Å². The first-order valence-corrected chi connectivity index (χ1v) is 12.6. The van der Waals surface area contributed by atoms with Crippen molar-refractivity contribution in [2.24, 2.45) is 0 Å². The van der Waals surface area contributed by atoms with Crippen LogP contribution < -0.4 is 25.0 Å². The van der Waals surface area contributed by atoms with Crippen molar-refractivity contribution in [3.05, 3.63) is 54.4 Å². The van der Waals surface area contributed by atoms with Gasteiger partial charge in [-0.25, -0.2) is 4.98 Å². The lowest BCUT2D eigenvalue weighted by Gasteiger charge is -2.35. The third kappa shape index (κ3) is 5.16. The van der Waals surface area contributed by atoms with E-state index >= 15 is 0 Å². The Kier molecular flexibility index (Phi) is 6.50. The fourth-order valence-corrected chi connectivity index (χ4v) is 5.00. The second-order valence-corrected chi connectivity index (χ2v) is 9.48. The number of hydrogen-bond donors (Lipinski definition) is 2. The molecule has 10 nitrogen and oxygen atoms in total.